The van der Waals surface area contributed by atoms with Gasteiger partial charge in [-0.3, -0.25) is 0 Å². The lowest BCUT2D eigenvalue weighted by molar-refractivity contribution is -0.219. The molecule has 1 N–H and O–H groups in total. The van der Waals surface area contributed by atoms with E-state index in [4.69, 9.17) is 0 Å². The van der Waals surface area contributed by atoms with Gasteiger partial charge in [-0.2, -0.15) is 0 Å². The molecule has 6 heteroatoms. The van der Waals surface area contributed by atoms with Crippen LogP contribution in [0.1, 0.15) is 50.1 Å². The molecule has 1 aromatic heterocycles. The molecule has 0 saturated heterocycles. The number of aliphatic hydroxyl groups is 1. The van der Waals surface area contributed by atoms with E-state index in [1.54, 1.807) is 6.07 Å². The van der Waals surface area contributed by atoms with Gasteiger partial charge in [-0.15, -0.1) is 0 Å². The summed E-state index contributed by atoms with van der Waals surface area (Å²) in [4.78, 5) is 4.01. The minimum atomic E-state index is -3.48. The Bertz CT molecular complexity index is 918. The number of alkyl halides is 2. The first-order chi connectivity index (χ1) is 13.4. The van der Waals surface area contributed by atoms with E-state index in [-0.39, 0.29) is 5.56 Å². The number of benzene rings is 1. The van der Waals surface area contributed by atoms with Crippen molar-refractivity contribution in [1.29, 1.82) is 0 Å². The second-order valence-electron chi connectivity index (χ2n) is 9.65. The number of fused-ring (bicyclic) bond motifs is 3. The number of imidazole rings is 1. The van der Waals surface area contributed by atoms with Gasteiger partial charge >= 0.3 is 0 Å². The Balaban J connectivity index is 1.45. The fraction of sp³-hybridized carbons (Fsp3) is 0.591. The molecule has 2 aromatic rings. The average molecular weight is 388 g/mol. The summed E-state index contributed by atoms with van der Waals surface area (Å²) >= 11 is 0. The molecule has 5 aliphatic rings. The largest absolute Gasteiger partial charge is 0.386 e. The average Bonchev–Trinajstić information content (AvgIpc) is 3.21. The summed E-state index contributed by atoms with van der Waals surface area (Å²) in [5.41, 5.74) is 0.165. The predicted molar refractivity (Wildman–Crippen MR) is 97.3 cm³/mol. The van der Waals surface area contributed by atoms with E-state index in [2.05, 4.69) is 4.98 Å². The molecule has 2 atom stereocenters. The normalized spacial score (nSPS) is 36.4. The lowest BCUT2D eigenvalue weighted by atomic mass is 9.47. The highest BCUT2D eigenvalue weighted by atomic mass is 19.3. The summed E-state index contributed by atoms with van der Waals surface area (Å²) in [7, 11) is 0. The van der Waals surface area contributed by atoms with Gasteiger partial charge in [0.05, 0.1) is 18.2 Å². The highest BCUT2D eigenvalue weighted by Crippen LogP contribution is 2.64. The quantitative estimate of drug-likeness (QED) is 0.820. The van der Waals surface area contributed by atoms with Crippen molar-refractivity contribution in [2.24, 2.45) is 23.2 Å². The van der Waals surface area contributed by atoms with Crippen molar-refractivity contribution in [3.63, 3.8) is 0 Å². The number of nitrogens with zero attached hydrogens (tertiary/aromatic N) is 2. The molecule has 2 unspecified atom stereocenters. The standard InChI is InChI=1S/C22H23F3N2O/c23-16-3-1-2-15-17-10-26-11-27(17)19(18(15)16)22(24,25)20(28)21-7-12-4-13(8-21)6-14(5-12)9-21/h1-3,10-14,19-20,28H,4-9H2. The first-order valence-electron chi connectivity index (χ1n) is 10.3. The third-order valence-electron chi connectivity index (χ3n) is 7.94. The molecule has 28 heavy (non-hydrogen) atoms. The molecule has 0 spiro atoms. The molecule has 1 aromatic carbocycles. The number of halogens is 3. The fourth-order valence-electron chi connectivity index (χ4n) is 7.34. The highest BCUT2D eigenvalue weighted by Gasteiger charge is 2.63. The van der Waals surface area contributed by atoms with E-state index in [0.29, 0.717) is 48.3 Å². The molecule has 1 aliphatic heterocycles. The zero-order chi connectivity index (χ0) is 19.3. The van der Waals surface area contributed by atoms with Crippen molar-refractivity contribution >= 4 is 0 Å². The molecule has 3 nitrogen and oxygen atoms in total. The van der Waals surface area contributed by atoms with Crippen LogP contribution in [0.15, 0.2) is 30.7 Å². The Morgan fingerprint density at radius 3 is 2.39 bits per heavy atom. The molecule has 2 heterocycles. The minimum absolute atomic E-state index is 0.0197. The Labute approximate surface area is 161 Å². The van der Waals surface area contributed by atoms with Crippen molar-refractivity contribution < 1.29 is 18.3 Å². The molecule has 4 aliphatic carbocycles. The lowest BCUT2D eigenvalue weighted by Crippen LogP contribution is -2.58. The van der Waals surface area contributed by atoms with Crippen molar-refractivity contribution in [3.05, 3.63) is 42.1 Å². The zero-order valence-corrected chi connectivity index (χ0v) is 15.5. The van der Waals surface area contributed by atoms with Gasteiger partial charge in [0.15, 0.2) is 0 Å². The summed E-state index contributed by atoms with van der Waals surface area (Å²) in [5, 5.41) is 11.2. The van der Waals surface area contributed by atoms with E-state index < -0.39 is 29.3 Å². The van der Waals surface area contributed by atoms with Gasteiger partial charge in [-0.05, 0) is 62.3 Å². The van der Waals surface area contributed by atoms with Crippen molar-refractivity contribution in [1.82, 2.24) is 9.55 Å². The van der Waals surface area contributed by atoms with Crippen LogP contribution >= 0.6 is 0 Å². The number of aliphatic hydroxyl groups excluding tert-OH is 1. The molecular weight excluding hydrogens is 365 g/mol. The van der Waals surface area contributed by atoms with Gasteiger partial charge in [0.25, 0.3) is 5.92 Å². The number of aromatic nitrogens is 2. The van der Waals surface area contributed by atoms with E-state index in [1.165, 1.54) is 29.2 Å². The Morgan fingerprint density at radius 1 is 1.11 bits per heavy atom. The highest BCUT2D eigenvalue weighted by molar-refractivity contribution is 5.69. The maximum absolute atomic E-state index is 16.0. The molecule has 4 bridgehead atoms. The maximum Gasteiger partial charge on any atom is 0.298 e. The summed E-state index contributed by atoms with van der Waals surface area (Å²) in [6, 6.07) is 2.85. The molecule has 148 valence electrons. The number of hydrogen-bond donors (Lipinski definition) is 1. The van der Waals surface area contributed by atoms with Crippen LogP contribution in [0.3, 0.4) is 0 Å². The second kappa shape index (κ2) is 5.41. The first kappa shape index (κ1) is 17.1. The van der Waals surface area contributed by atoms with E-state index >= 15 is 8.78 Å². The lowest BCUT2D eigenvalue weighted by Gasteiger charge is -2.59. The van der Waals surface area contributed by atoms with Crippen LogP contribution in [-0.4, -0.2) is 26.7 Å². The maximum atomic E-state index is 16.0. The smallest absolute Gasteiger partial charge is 0.298 e. The summed E-state index contributed by atoms with van der Waals surface area (Å²) in [5.74, 6) is -2.77. The summed E-state index contributed by atoms with van der Waals surface area (Å²) < 4.78 is 48.0. The van der Waals surface area contributed by atoms with Gasteiger partial charge in [0.1, 0.15) is 18.0 Å². The van der Waals surface area contributed by atoms with Crippen LogP contribution in [-0.2, 0) is 0 Å². The monoisotopic (exact) mass is 388 g/mol. The van der Waals surface area contributed by atoms with Crippen molar-refractivity contribution in [2.45, 2.75) is 56.6 Å². The molecule has 7 rings (SSSR count). The number of hydrogen-bond acceptors (Lipinski definition) is 2. The van der Waals surface area contributed by atoms with Crippen molar-refractivity contribution in [2.75, 3.05) is 0 Å². The van der Waals surface area contributed by atoms with E-state index in [1.807, 2.05) is 0 Å². The summed E-state index contributed by atoms with van der Waals surface area (Å²) in [6.07, 6.45) is 6.40. The van der Waals surface area contributed by atoms with Crippen LogP contribution in [0.4, 0.5) is 13.2 Å². The van der Waals surface area contributed by atoms with Gasteiger partial charge in [0.2, 0.25) is 0 Å². The third-order valence-corrected chi connectivity index (χ3v) is 7.94. The molecule has 4 fully saturated rings. The van der Waals surface area contributed by atoms with Crippen molar-refractivity contribution in [3.8, 4) is 11.3 Å². The Hall–Kier alpha value is -1.82. The minimum Gasteiger partial charge on any atom is -0.386 e. The number of rotatable bonds is 3. The molecular formula is C22H23F3N2O. The van der Waals surface area contributed by atoms with Crippen LogP contribution in [0, 0.1) is 29.0 Å². The van der Waals surface area contributed by atoms with Gasteiger partial charge in [-0.1, -0.05) is 12.1 Å². The Morgan fingerprint density at radius 2 is 1.75 bits per heavy atom. The second-order valence-corrected chi connectivity index (χ2v) is 9.65. The third kappa shape index (κ3) is 2.07. The first-order valence-corrected chi connectivity index (χ1v) is 10.3. The fourth-order valence-corrected chi connectivity index (χ4v) is 7.34. The Kier molecular flexibility index (Phi) is 3.30. The predicted octanol–water partition coefficient (Wildman–Crippen LogP) is 4.80. The zero-order valence-electron chi connectivity index (χ0n) is 15.5. The van der Waals surface area contributed by atoms with Crippen LogP contribution < -0.4 is 0 Å². The summed E-state index contributed by atoms with van der Waals surface area (Å²) in [6.45, 7) is 0. The van der Waals surface area contributed by atoms with Gasteiger partial charge < -0.3 is 9.67 Å². The van der Waals surface area contributed by atoms with Gasteiger partial charge in [-0.25, -0.2) is 18.2 Å². The molecule has 0 radical (unpaired) electrons. The van der Waals surface area contributed by atoms with E-state index in [9.17, 15) is 9.50 Å². The molecule has 0 amide bonds. The van der Waals surface area contributed by atoms with Crippen LogP contribution in [0.25, 0.3) is 11.3 Å². The van der Waals surface area contributed by atoms with Crippen LogP contribution in [0.2, 0.25) is 0 Å². The van der Waals surface area contributed by atoms with Gasteiger partial charge in [0, 0.05) is 16.5 Å². The van der Waals surface area contributed by atoms with Crippen LogP contribution in [0.5, 0.6) is 0 Å². The van der Waals surface area contributed by atoms with E-state index in [0.717, 1.165) is 19.3 Å². The SMILES string of the molecule is OC(C12CC3CC(CC(C3)C1)C2)C(F)(F)C1c2c(F)cccc2-c2cncn21. The topological polar surface area (TPSA) is 38.1 Å². The molecule has 4 saturated carbocycles.